The van der Waals surface area contributed by atoms with Crippen LogP contribution in [0.5, 0.6) is 11.5 Å². The maximum atomic E-state index is 12.8. The van der Waals surface area contributed by atoms with Gasteiger partial charge in [-0.1, -0.05) is 25.5 Å². The van der Waals surface area contributed by atoms with Crippen LogP contribution >= 0.6 is 11.6 Å². The minimum absolute atomic E-state index is 0.00106. The van der Waals surface area contributed by atoms with E-state index in [2.05, 4.69) is 32.7 Å². The minimum atomic E-state index is -5.05. The van der Waals surface area contributed by atoms with Crippen LogP contribution in [0.2, 0.25) is 0 Å². The number of sulfone groups is 1. The second-order valence-corrected chi connectivity index (χ2v) is 18.5. The van der Waals surface area contributed by atoms with Crippen molar-refractivity contribution in [1.29, 1.82) is 0 Å². The summed E-state index contributed by atoms with van der Waals surface area (Å²) in [6.45, 7) is 5.04. The number of aryl methyl sites for hydroxylation is 3. The second-order valence-electron chi connectivity index (χ2n) is 13.1. The lowest BCUT2D eigenvalue weighted by Crippen LogP contribution is -2.17. The maximum absolute atomic E-state index is 12.8. The van der Waals surface area contributed by atoms with E-state index in [0.717, 1.165) is 24.5 Å². The van der Waals surface area contributed by atoms with Gasteiger partial charge in [0.25, 0.3) is 20.2 Å². The van der Waals surface area contributed by atoms with Gasteiger partial charge < -0.3 is 15.5 Å². The summed E-state index contributed by atoms with van der Waals surface area (Å²) < 4.78 is 95.2. The van der Waals surface area contributed by atoms with E-state index < -0.39 is 57.3 Å². The third-order valence-electron chi connectivity index (χ3n) is 8.83. The molecule has 0 bridgehead atoms. The summed E-state index contributed by atoms with van der Waals surface area (Å²) in [5.74, 6) is -2.47. The number of halogens is 1. The highest BCUT2D eigenvalue weighted by Crippen LogP contribution is 2.46. The van der Waals surface area contributed by atoms with Crippen molar-refractivity contribution >= 4 is 97.6 Å². The number of fused-ring (bicyclic) bond motifs is 2. The van der Waals surface area contributed by atoms with Crippen LogP contribution in [0.4, 0.5) is 28.4 Å². The number of phenols is 2. The number of rotatable bonds is 15. The quantitative estimate of drug-likeness (QED) is 0.0378. The van der Waals surface area contributed by atoms with Gasteiger partial charge in [-0.05, 0) is 91.9 Å². The molecule has 0 aliphatic carbocycles. The van der Waals surface area contributed by atoms with Crippen molar-refractivity contribution in [3.8, 4) is 11.5 Å². The van der Waals surface area contributed by atoms with Gasteiger partial charge in [0.2, 0.25) is 5.91 Å². The molecule has 16 nitrogen and oxygen atoms in total. The molecule has 0 unspecified atom stereocenters. The van der Waals surface area contributed by atoms with E-state index in [4.69, 9.17) is 11.6 Å². The summed E-state index contributed by atoms with van der Waals surface area (Å²) in [5.41, 5.74) is 1.17. The molecule has 0 spiro atoms. The van der Waals surface area contributed by atoms with Gasteiger partial charge in [0, 0.05) is 33.8 Å². The molecular weight excluding hydrogens is 822 g/mol. The standard InChI is InChI=1S/C37H38ClN5O11S3/c1-4-6-23-8-10-24(11-9-23)40-42-32-21(2)20-28-26(34(32)45)13-15-30(37(28)57(52,53)54)41-43-33-22(3)19-27-25(35(33)46)12-14-29(36(27)56(49,50)51)39-31(44)7-5-17-55(47,48)18-16-38/h8-15,19-20,45-46H,4-7,16-18H2,1-3H3,(H,39,44)(H,49,50,51)(H,52,53,54). The number of aromatic hydroxyl groups is 2. The SMILES string of the molecule is CCCc1ccc(N=Nc2c(C)cc3c(S(=O)(=O)O)c(N=Nc4c(C)cc5c(S(=O)(=O)O)c(NC(=O)CCCS(=O)(=O)CCCl)ccc5c4O)ccc3c2O)cc1. The molecule has 5 N–H and O–H groups in total. The average molecular weight is 860 g/mol. The molecule has 5 aromatic rings. The molecule has 20 heteroatoms. The molecule has 0 saturated carbocycles. The lowest BCUT2D eigenvalue weighted by atomic mass is 10.0. The predicted octanol–water partition coefficient (Wildman–Crippen LogP) is 8.67. The Morgan fingerprint density at radius 3 is 1.79 bits per heavy atom. The van der Waals surface area contributed by atoms with Crippen LogP contribution in [0.25, 0.3) is 21.5 Å². The highest BCUT2D eigenvalue weighted by atomic mass is 35.5. The lowest BCUT2D eigenvalue weighted by Gasteiger charge is -2.15. The van der Waals surface area contributed by atoms with E-state index in [1.165, 1.54) is 37.3 Å². The summed E-state index contributed by atoms with van der Waals surface area (Å²) >= 11 is 5.49. The molecule has 302 valence electrons. The number of carbonyl (C=O) groups excluding carboxylic acids is 1. The number of hydrogen-bond donors (Lipinski definition) is 5. The van der Waals surface area contributed by atoms with Crippen LogP contribution in [-0.4, -0.2) is 67.9 Å². The van der Waals surface area contributed by atoms with E-state index in [9.17, 15) is 49.4 Å². The Balaban J connectivity index is 1.52. The normalized spacial score (nSPS) is 12.7. The number of phenolic OH excluding ortho intramolecular Hbond substituents is 2. The van der Waals surface area contributed by atoms with Crippen molar-refractivity contribution in [2.75, 3.05) is 22.7 Å². The molecule has 0 radical (unpaired) electrons. The van der Waals surface area contributed by atoms with E-state index in [1.807, 2.05) is 12.1 Å². The van der Waals surface area contributed by atoms with Crippen molar-refractivity contribution in [2.45, 2.75) is 56.2 Å². The van der Waals surface area contributed by atoms with E-state index >= 15 is 0 Å². The molecule has 57 heavy (non-hydrogen) atoms. The highest BCUT2D eigenvalue weighted by molar-refractivity contribution is 7.91. The van der Waals surface area contributed by atoms with Crippen LogP contribution in [0.3, 0.4) is 0 Å². The Morgan fingerprint density at radius 2 is 1.25 bits per heavy atom. The van der Waals surface area contributed by atoms with Crippen molar-refractivity contribution in [1.82, 2.24) is 0 Å². The predicted molar refractivity (Wildman–Crippen MR) is 216 cm³/mol. The summed E-state index contributed by atoms with van der Waals surface area (Å²) in [5, 5.41) is 40.8. The molecule has 0 aromatic heterocycles. The molecule has 0 atom stereocenters. The lowest BCUT2D eigenvalue weighted by molar-refractivity contribution is -0.116. The molecule has 5 aromatic carbocycles. The zero-order valence-electron chi connectivity index (χ0n) is 30.8. The van der Waals surface area contributed by atoms with Crippen molar-refractivity contribution in [3.05, 3.63) is 77.4 Å². The Hall–Kier alpha value is -5.05. The molecule has 1 amide bonds. The fourth-order valence-corrected chi connectivity index (χ4v) is 9.57. The molecule has 0 fully saturated rings. The number of nitrogens with zero attached hydrogens (tertiary/aromatic N) is 4. The largest absolute Gasteiger partial charge is 0.505 e. The number of alkyl halides is 1. The first-order chi connectivity index (χ1) is 26.8. The van der Waals surface area contributed by atoms with Crippen LogP contribution in [0.1, 0.15) is 42.9 Å². The number of nitrogens with one attached hydrogen (secondary N) is 1. The Labute approximate surface area is 333 Å². The van der Waals surface area contributed by atoms with Gasteiger partial charge in [-0.2, -0.15) is 21.9 Å². The van der Waals surface area contributed by atoms with Gasteiger partial charge in [0.1, 0.15) is 26.9 Å². The molecule has 0 aliphatic heterocycles. The van der Waals surface area contributed by atoms with Gasteiger partial charge in [-0.15, -0.1) is 26.9 Å². The van der Waals surface area contributed by atoms with Crippen molar-refractivity contribution in [2.24, 2.45) is 20.5 Å². The van der Waals surface area contributed by atoms with Crippen LogP contribution in [0, 0.1) is 13.8 Å². The van der Waals surface area contributed by atoms with Gasteiger partial charge in [0.05, 0.1) is 22.9 Å². The first-order valence-corrected chi connectivity index (χ1v) is 22.5. The topological polar surface area (TPSA) is 262 Å². The first-order valence-electron chi connectivity index (χ1n) is 17.3. The van der Waals surface area contributed by atoms with Crippen LogP contribution in [-0.2, 0) is 41.3 Å². The third kappa shape index (κ3) is 9.92. The van der Waals surface area contributed by atoms with Crippen molar-refractivity contribution in [3.63, 3.8) is 0 Å². The summed E-state index contributed by atoms with van der Waals surface area (Å²) in [7, 11) is -13.6. The first kappa shape index (κ1) is 43.1. The number of azo groups is 2. The third-order valence-corrected chi connectivity index (χ3v) is 12.9. The van der Waals surface area contributed by atoms with Crippen LogP contribution < -0.4 is 5.32 Å². The number of carbonyl (C=O) groups is 1. The van der Waals surface area contributed by atoms with Crippen LogP contribution in [0.15, 0.2) is 90.9 Å². The average Bonchev–Trinajstić information content (AvgIpc) is 3.10. The molecule has 5 rings (SSSR count). The number of benzene rings is 5. The molecule has 0 aliphatic rings. The summed E-state index contributed by atoms with van der Waals surface area (Å²) in [6.07, 6.45) is 1.51. The van der Waals surface area contributed by atoms with E-state index in [0.29, 0.717) is 11.3 Å². The summed E-state index contributed by atoms with van der Waals surface area (Å²) in [6, 6.07) is 14.9. The zero-order valence-corrected chi connectivity index (χ0v) is 34.0. The Morgan fingerprint density at radius 1 is 0.702 bits per heavy atom. The second kappa shape index (κ2) is 17.2. The number of hydrogen-bond acceptors (Lipinski definition) is 13. The fourth-order valence-electron chi connectivity index (χ4n) is 6.18. The number of anilines is 1. The van der Waals surface area contributed by atoms with E-state index in [-0.39, 0.29) is 80.1 Å². The van der Waals surface area contributed by atoms with Crippen molar-refractivity contribution < 1.29 is 49.4 Å². The Kier molecular flexibility index (Phi) is 13.0. The minimum Gasteiger partial charge on any atom is -0.505 e. The van der Waals surface area contributed by atoms with Gasteiger partial charge in [-0.25, -0.2) is 8.42 Å². The summed E-state index contributed by atoms with van der Waals surface area (Å²) in [4.78, 5) is 11.2. The number of amides is 1. The monoisotopic (exact) mass is 859 g/mol. The molecule has 0 saturated heterocycles. The van der Waals surface area contributed by atoms with Gasteiger partial charge in [0.15, 0.2) is 21.3 Å². The van der Waals surface area contributed by atoms with E-state index in [1.54, 1.807) is 19.1 Å². The van der Waals surface area contributed by atoms with Gasteiger partial charge in [-0.3, -0.25) is 13.9 Å². The maximum Gasteiger partial charge on any atom is 0.297 e. The smallest absolute Gasteiger partial charge is 0.297 e. The van der Waals surface area contributed by atoms with Gasteiger partial charge >= 0.3 is 0 Å². The fraction of sp³-hybridized carbons (Fsp3) is 0.270. The zero-order chi connectivity index (χ0) is 41.9. The molecular formula is C37H38ClN5O11S3. The highest BCUT2D eigenvalue weighted by Gasteiger charge is 2.26. The molecule has 0 heterocycles. The Bertz CT molecular complexity index is 2790.